The Bertz CT molecular complexity index is 1310. The molecule has 2 unspecified atom stereocenters. The molecule has 3 heterocycles. The van der Waals surface area contributed by atoms with Crippen LogP contribution in [0.15, 0.2) is 23.4 Å². The molecule has 0 bridgehead atoms. The van der Waals surface area contributed by atoms with Crippen molar-refractivity contribution in [2.24, 2.45) is 0 Å². The van der Waals surface area contributed by atoms with E-state index in [-0.39, 0.29) is 60.6 Å². The van der Waals surface area contributed by atoms with Crippen LogP contribution >= 0.6 is 0 Å². The molecule has 3 saturated heterocycles. The molecule has 266 valence electrons. The first-order valence-corrected chi connectivity index (χ1v) is 17.7. The van der Waals surface area contributed by atoms with Gasteiger partial charge in [0.05, 0.1) is 25.4 Å². The molecule has 0 amide bonds. The second kappa shape index (κ2) is 14.8. The summed E-state index contributed by atoms with van der Waals surface area (Å²) >= 11 is 0. The number of nitrogens with zero attached hydrogens (tertiary/aromatic N) is 2. The van der Waals surface area contributed by atoms with Crippen molar-refractivity contribution in [2.45, 2.75) is 133 Å². The molecule has 2 aliphatic carbocycles. The van der Waals surface area contributed by atoms with Crippen molar-refractivity contribution in [3.63, 3.8) is 0 Å². The molecule has 0 spiro atoms. The van der Waals surface area contributed by atoms with Crippen molar-refractivity contribution < 1.29 is 54.1 Å². The Morgan fingerprint density at radius 3 is 1.68 bits per heavy atom. The van der Waals surface area contributed by atoms with Crippen LogP contribution in [0.25, 0.3) is 0 Å². The molecule has 0 aromatic carbocycles. The molecule has 47 heavy (non-hydrogen) atoms. The first-order valence-electron chi connectivity index (χ1n) is 16.3. The SMILES string of the molecule is COC(=O)[C@@H]1CCCN1C1CC=C(B2OC(C)(C)C(C)(C)O2)CC1.COC(=O)[C@@H]1CCCN1C1CC=C(OS(=O)(=O)C(F)(F)F)CC1. The topological polar surface area (TPSA) is 121 Å². The van der Waals surface area contributed by atoms with Crippen molar-refractivity contribution in [3.8, 4) is 0 Å². The lowest BCUT2D eigenvalue weighted by Crippen LogP contribution is -2.44. The summed E-state index contributed by atoms with van der Waals surface area (Å²) < 4.78 is 85.0. The highest BCUT2D eigenvalue weighted by molar-refractivity contribution is 7.87. The number of alkyl halides is 3. The van der Waals surface area contributed by atoms with Gasteiger partial charge in [0.15, 0.2) is 0 Å². The van der Waals surface area contributed by atoms with Crippen LogP contribution in [-0.4, -0.2) is 105 Å². The molecule has 0 radical (unpaired) electrons. The Balaban J connectivity index is 0.000000213. The van der Waals surface area contributed by atoms with Gasteiger partial charge in [-0.3, -0.25) is 19.4 Å². The molecule has 0 saturated carbocycles. The zero-order chi connectivity index (χ0) is 34.8. The molecule has 0 aromatic rings. The number of ether oxygens (including phenoxy) is 2. The summed E-state index contributed by atoms with van der Waals surface area (Å²) in [6.45, 7) is 10.0. The first-order chi connectivity index (χ1) is 21.9. The quantitative estimate of drug-likeness (QED) is 0.160. The normalized spacial score (nSPS) is 29.8. The van der Waals surface area contributed by atoms with Crippen molar-refractivity contribution in [2.75, 3.05) is 27.3 Å². The van der Waals surface area contributed by atoms with Crippen LogP contribution in [0.3, 0.4) is 0 Å². The lowest BCUT2D eigenvalue weighted by Gasteiger charge is -2.34. The minimum atomic E-state index is -5.62. The van der Waals surface area contributed by atoms with E-state index in [4.69, 9.17) is 18.8 Å². The molecular formula is C31H48BF3N2O9S. The Kier molecular flexibility index (Phi) is 11.8. The van der Waals surface area contributed by atoms with Crippen molar-refractivity contribution in [1.29, 1.82) is 0 Å². The fraction of sp³-hybridized carbons (Fsp3) is 0.806. The number of methoxy groups -OCH3 is 2. The lowest BCUT2D eigenvalue weighted by atomic mass is 9.71. The number of likely N-dealkylation sites (tertiary alicyclic amines) is 2. The summed E-state index contributed by atoms with van der Waals surface area (Å²) in [5.41, 5.74) is -4.77. The maximum Gasteiger partial charge on any atom is 0.534 e. The summed E-state index contributed by atoms with van der Waals surface area (Å²) in [6, 6.07) is -0.0307. The number of rotatable bonds is 7. The number of allylic oxidation sites excluding steroid dienone is 2. The maximum atomic E-state index is 12.3. The van der Waals surface area contributed by atoms with Gasteiger partial charge in [0.1, 0.15) is 17.8 Å². The molecular weight excluding hydrogens is 644 g/mol. The summed E-state index contributed by atoms with van der Waals surface area (Å²) in [6.07, 6.45) is 10.9. The molecule has 4 atom stereocenters. The van der Waals surface area contributed by atoms with E-state index in [9.17, 15) is 31.2 Å². The summed E-state index contributed by atoms with van der Waals surface area (Å²) in [4.78, 5) is 28.0. The zero-order valence-corrected chi connectivity index (χ0v) is 29.0. The Morgan fingerprint density at radius 2 is 1.30 bits per heavy atom. The fourth-order valence-electron chi connectivity index (χ4n) is 6.94. The summed E-state index contributed by atoms with van der Waals surface area (Å²) in [7, 11) is -3.05. The van der Waals surface area contributed by atoms with Crippen molar-refractivity contribution >= 4 is 29.2 Å². The molecule has 5 aliphatic rings. The van der Waals surface area contributed by atoms with E-state index in [1.54, 1.807) is 0 Å². The third-order valence-corrected chi connectivity index (χ3v) is 11.3. The molecule has 11 nitrogen and oxygen atoms in total. The summed E-state index contributed by atoms with van der Waals surface area (Å²) in [5, 5.41) is 0. The highest BCUT2D eigenvalue weighted by Crippen LogP contribution is 2.41. The van der Waals surface area contributed by atoms with Gasteiger partial charge in [-0.1, -0.05) is 6.08 Å². The molecule has 3 aliphatic heterocycles. The number of hydrogen-bond donors (Lipinski definition) is 0. The molecule has 0 N–H and O–H groups in total. The van der Waals surface area contributed by atoms with E-state index in [1.165, 1.54) is 25.8 Å². The van der Waals surface area contributed by atoms with Gasteiger partial charge in [-0.15, -0.1) is 0 Å². The predicted molar refractivity (Wildman–Crippen MR) is 167 cm³/mol. The van der Waals surface area contributed by atoms with Gasteiger partial charge < -0.3 is 23.0 Å². The number of hydrogen-bond acceptors (Lipinski definition) is 11. The number of carbonyl (C=O) groups is 2. The van der Waals surface area contributed by atoms with Crippen LogP contribution in [0.2, 0.25) is 0 Å². The number of halogens is 3. The maximum absolute atomic E-state index is 12.3. The Hall–Kier alpha value is -2.14. The monoisotopic (exact) mass is 692 g/mol. The first kappa shape index (κ1) is 37.7. The van der Waals surface area contributed by atoms with Gasteiger partial charge in [0, 0.05) is 18.5 Å². The van der Waals surface area contributed by atoms with Crippen LogP contribution < -0.4 is 0 Å². The Morgan fingerprint density at radius 1 is 0.830 bits per heavy atom. The van der Waals surface area contributed by atoms with E-state index in [2.05, 4.69) is 42.9 Å². The fourth-order valence-corrected chi connectivity index (χ4v) is 7.47. The smallest absolute Gasteiger partial charge is 0.468 e. The number of esters is 2. The predicted octanol–water partition coefficient (Wildman–Crippen LogP) is 4.66. The standard InChI is InChI=1S/C18H30BNO4.C13H18F3NO5S/c1-17(2)18(3,4)24-19(23-17)13-8-10-14(11-9-13)20-12-6-7-15(20)16(21)22-5;1-21-12(18)11-3-2-8-17(11)9-4-6-10(7-5-9)22-23(19,20)13(14,15)16/h8,14-15H,6-7,9-12H2,1-5H3;6,9,11H,2-5,7-8H2,1H3/t14?,15-;9?,11-/m00/s1. The minimum absolute atomic E-state index is 0.0393. The van der Waals surface area contributed by atoms with Crippen LogP contribution in [-0.2, 0) is 42.7 Å². The van der Waals surface area contributed by atoms with E-state index in [1.807, 2.05) is 4.90 Å². The van der Waals surface area contributed by atoms with E-state index >= 15 is 0 Å². The van der Waals surface area contributed by atoms with Gasteiger partial charge in [-0.25, -0.2) is 0 Å². The zero-order valence-electron chi connectivity index (χ0n) is 28.1. The van der Waals surface area contributed by atoms with E-state index < -0.39 is 15.6 Å². The molecule has 3 fully saturated rings. The van der Waals surface area contributed by atoms with E-state index in [0.717, 1.165) is 45.1 Å². The molecule has 16 heteroatoms. The largest absolute Gasteiger partial charge is 0.534 e. The van der Waals surface area contributed by atoms with Gasteiger partial charge >= 0.3 is 34.7 Å². The van der Waals surface area contributed by atoms with Crippen LogP contribution in [0.5, 0.6) is 0 Å². The van der Waals surface area contributed by atoms with Gasteiger partial charge in [0.25, 0.3) is 0 Å². The average molecular weight is 693 g/mol. The number of carbonyl (C=O) groups excluding carboxylic acids is 2. The second-order valence-electron chi connectivity index (χ2n) is 13.7. The molecule has 0 aromatic heterocycles. The Labute approximate surface area is 276 Å². The third kappa shape index (κ3) is 8.54. The highest BCUT2D eigenvalue weighted by atomic mass is 32.2. The third-order valence-electron chi connectivity index (χ3n) is 10.3. The highest BCUT2D eigenvalue weighted by Gasteiger charge is 2.53. The average Bonchev–Trinajstić information content (AvgIpc) is 3.75. The van der Waals surface area contributed by atoms with Crippen LogP contribution in [0, 0.1) is 0 Å². The van der Waals surface area contributed by atoms with Crippen molar-refractivity contribution in [3.05, 3.63) is 23.4 Å². The van der Waals surface area contributed by atoms with Crippen LogP contribution in [0.4, 0.5) is 13.2 Å². The van der Waals surface area contributed by atoms with E-state index in [0.29, 0.717) is 31.8 Å². The second-order valence-corrected chi connectivity index (χ2v) is 15.3. The van der Waals surface area contributed by atoms with Gasteiger partial charge in [-0.2, -0.15) is 21.6 Å². The summed E-state index contributed by atoms with van der Waals surface area (Å²) in [5.74, 6) is -0.617. The van der Waals surface area contributed by atoms with Gasteiger partial charge in [-0.05, 0) is 110 Å². The van der Waals surface area contributed by atoms with Crippen LogP contribution in [0.1, 0.15) is 91.9 Å². The molecule has 5 rings (SSSR count). The van der Waals surface area contributed by atoms with Crippen molar-refractivity contribution in [1.82, 2.24) is 9.80 Å². The lowest BCUT2D eigenvalue weighted by molar-refractivity contribution is -0.147. The van der Waals surface area contributed by atoms with Gasteiger partial charge in [0.2, 0.25) is 0 Å². The minimum Gasteiger partial charge on any atom is -0.468 e.